The van der Waals surface area contributed by atoms with E-state index in [1.54, 1.807) is 6.07 Å². The van der Waals surface area contributed by atoms with Gasteiger partial charge in [0.05, 0.1) is 12.1 Å². The van der Waals surface area contributed by atoms with E-state index in [-0.39, 0.29) is 36.8 Å². The van der Waals surface area contributed by atoms with Crippen LogP contribution in [0.4, 0.5) is 0 Å². The van der Waals surface area contributed by atoms with Crippen LogP contribution in [-0.4, -0.2) is 65.4 Å². The summed E-state index contributed by atoms with van der Waals surface area (Å²) in [7, 11) is 0. The Labute approximate surface area is 194 Å². The van der Waals surface area contributed by atoms with Gasteiger partial charge in [0.15, 0.2) is 11.5 Å². The number of aliphatic hydroxyl groups is 1. The van der Waals surface area contributed by atoms with Crippen LogP contribution in [0.3, 0.4) is 0 Å². The van der Waals surface area contributed by atoms with Crippen LogP contribution in [0.2, 0.25) is 0 Å². The summed E-state index contributed by atoms with van der Waals surface area (Å²) < 4.78 is 10.8. The van der Waals surface area contributed by atoms with Gasteiger partial charge in [-0.2, -0.15) is 0 Å². The summed E-state index contributed by atoms with van der Waals surface area (Å²) >= 11 is 0. The molecule has 1 spiro atoms. The number of aliphatic hydroxyl groups excluding tert-OH is 1. The number of fused-ring (bicyclic) bond motifs is 1. The van der Waals surface area contributed by atoms with Crippen molar-refractivity contribution in [2.45, 2.75) is 37.3 Å². The smallest absolute Gasteiger partial charge is 0.254 e. The molecule has 2 aromatic rings. The van der Waals surface area contributed by atoms with Crippen molar-refractivity contribution < 1.29 is 19.4 Å². The molecule has 3 fully saturated rings. The Morgan fingerprint density at radius 2 is 1.88 bits per heavy atom. The average molecular weight is 447 g/mol. The maximum Gasteiger partial charge on any atom is 0.254 e. The number of likely N-dealkylation sites (tertiary alicyclic amines) is 2. The van der Waals surface area contributed by atoms with Crippen LogP contribution in [0.5, 0.6) is 11.5 Å². The van der Waals surface area contributed by atoms with E-state index in [9.17, 15) is 9.90 Å². The standard InChI is InChI=1S/C27H30N2O4/c1-2-3-18-6-8-20(9-7-18)25-22(14-30)29(13-19-4-5-19)27(25)15-28(16-27)26(31)21-10-11-23-24(12-21)33-17-32-23/h2-3,6-12,19,22,25,30H,4-5,13-17H2,1H3/b3-2+/t22-,25+/m0/s1. The van der Waals surface area contributed by atoms with Gasteiger partial charge in [-0.25, -0.2) is 0 Å². The van der Waals surface area contributed by atoms with Gasteiger partial charge in [0.1, 0.15) is 0 Å². The molecule has 1 aliphatic carbocycles. The summed E-state index contributed by atoms with van der Waals surface area (Å²) in [6, 6.07) is 14.2. The number of hydrogen-bond donors (Lipinski definition) is 1. The lowest BCUT2D eigenvalue weighted by molar-refractivity contribution is -0.180. The molecule has 172 valence electrons. The summed E-state index contributed by atoms with van der Waals surface area (Å²) in [5, 5.41) is 10.3. The number of ether oxygens (including phenoxy) is 2. The first kappa shape index (κ1) is 20.8. The highest BCUT2D eigenvalue weighted by Crippen LogP contribution is 2.55. The minimum Gasteiger partial charge on any atom is -0.454 e. The first-order valence-corrected chi connectivity index (χ1v) is 11.9. The summed E-state index contributed by atoms with van der Waals surface area (Å²) in [5.74, 6) is 2.30. The zero-order valence-electron chi connectivity index (χ0n) is 18.9. The highest BCUT2D eigenvalue weighted by molar-refractivity contribution is 5.96. The Hall–Kier alpha value is -2.83. The summed E-state index contributed by atoms with van der Waals surface area (Å²) in [5.41, 5.74) is 2.97. The SMILES string of the molecule is C/C=C/c1ccc([C@@H]2[C@H](CO)N(CC3CC3)C23CN(C(=O)c2ccc4c(c2)OCO4)C3)cc1. The molecular formula is C27H30N2O4. The number of nitrogens with zero attached hydrogens (tertiary/aromatic N) is 2. The van der Waals surface area contributed by atoms with Crippen molar-refractivity contribution in [2.24, 2.45) is 5.92 Å². The van der Waals surface area contributed by atoms with E-state index in [0.717, 1.165) is 12.5 Å². The predicted molar refractivity (Wildman–Crippen MR) is 125 cm³/mol. The number of carbonyl (C=O) groups excluding carboxylic acids is 1. The first-order valence-electron chi connectivity index (χ1n) is 11.9. The topological polar surface area (TPSA) is 62.2 Å². The Bertz CT molecular complexity index is 1090. The minimum absolute atomic E-state index is 0.0277. The van der Waals surface area contributed by atoms with Gasteiger partial charge in [0.2, 0.25) is 6.79 Å². The van der Waals surface area contributed by atoms with Crippen molar-refractivity contribution >= 4 is 12.0 Å². The molecule has 2 aromatic carbocycles. The lowest BCUT2D eigenvalue weighted by Gasteiger charge is -2.71. The molecule has 0 unspecified atom stereocenters. The molecule has 2 saturated heterocycles. The maximum absolute atomic E-state index is 13.3. The molecular weight excluding hydrogens is 416 g/mol. The third-order valence-corrected chi connectivity index (χ3v) is 7.77. The van der Waals surface area contributed by atoms with Crippen LogP contribution in [0.25, 0.3) is 6.08 Å². The molecule has 33 heavy (non-hydrogen) atoms. The van der Waals surface area contributed by atoms with Crippen LogP contribution in [0.15, 0.2) is 48.5 Å². The van der Waals surface area contributed by atoms with E-state index in [1.165, 1.54) is 24.0 Å². The molecule has 6 heteroatoms. The Balaban J connectivity index is 1.25. The summed E-state index contributed by atoms with van der Waals surface area (Å²) in [6.45, 7) is 4.76. The van der Waals surface area contributed by atoms with Gasteiger partial charge in [0, 0.05) is 37.2 Å². The second-order valence-corrected chi connectivity index (χ2v) is 9.82. The van der Waals surface area contributed by atoms with E-state index in [0.29, 0.717) is 30.2 Å². The Morgan fingerprint density at radius 1 is 1.12 bits per heavy atom. The Kier molecular flexibility index (Phi) is 4.96. The highest BCUT2D eigenvalue weighted by Gasteiger charge is 2.66. The van der Waals surface area contributed by atoms with Crippen LogP contribution in [0.1, 0.15) is 47.2 Å². The number of amides is 1. The van der Waals surface area contributed by atoms with Gasteiger partial charge < -0.3 is 19.5 Å². The molecule has 6 rings (SSSR count). The second-order valence-electron chi connectivity index (χ2n) is 9.82. The van der Waals surface area contributed by atoms with Crippen LogP contribution in [0, 0.1) is 5.92 Å². The fraction of sp³-hybridized carbons (Fsp3) is 0.444. The van der Waals surface area contributed by atoms with E-state index in [2.05, 4.69) is 35.2 Å². The average Bonchev–Trinajstić information content (AvgIpc) is 3.50. The molecule has 3 aliphatic heterocycles. The fourth-order valence-electron chi connectivity index (χ4n) is 5.95. The van der Waals surface area contributed by atoms with E-state index in [1.807, 2.05) is 30.0 Å². The Morgan fingerprint density at radius 3 is 2.58 bits per heavy atom. The highest BCUT2D eigenvalue weighted by atomic mass is 16.7. The lowest BCUT2D eigenvalue weighted by atomic mass is 9.60. The van der Waals surface area contributed by atoms with Crippen molar-refractivity contribution in [2.75, 3.05) is 33.0 Å². The van der Waals surface area contributed by atoms with Crippen molar-refractivity contribution in [3.05, 3.63) is 65.2 Å². The number of allylic oxidation sites excluding steroid dienone is 1. The second kappa shape index (κ2) is 7.89. The first-order chi connectivity index (χ1) is 16.1. The van der Waals surface area contributed by atoms with Crippen molar-refractivity contribution in [3.63, 3.8) is 0 Å². The monoisotopic (exact) mass is 446 g/mol. The van der Waals surface area contributed by atoms with Gasteiger partial charge in [-0.05, 0) is 55.0 Å². The number of carbonyl (C=O) groups is 1. The number of hydrogen-bond acceptors (Lipinski definition) is 5. The minimum atomic E-state index is -0.0932. The third-order valence-electron chi connectivity index (χ3n) is 7.77. The molecule has 2 atom stereocenters. The third kappa shape index (κ3) is 3.35. The van der Waals surface area contributed by atoms with E-state index < -0.39 is 0 Å². The van der Waals surface area contributed by atoms with Crippen molar-refractivity contribution in [3.8, 4) is 11.5 Å². The molecule has 4 aliphatic rings. The maximum atomic E-state index is 13.3. The largest absolute Gasteiger partial charge is 0.454 e. The quantitative estimate of drug-likeness (QED) is 0.736. The zero-order valence-corrected chi connectivity index (χ0v) is 18.9. The van der Waals surface area contributed by atoms with Crippen LogP contribution >= 0.6 is 0 Å². The summed E-state index contributed by atoms with van der Waals surface area (Å²) in [4.78, 5) is 17.7. The van der Waals surface area contributed by atoms with Crippen molar-refractivity contribution in [1.82, 2.24) is 9.80 Å². The van der Waals surface area contributed by atoms with Gasteiger partial charge >= 0.3 is 0 Å². The zero-order chi connectivity index (χ0) is 22.6. The predicted octanol–water partition coefficient (Wildman–Crippen LogP) is 3.51. The molecule has 0 aromatic heterocycles. The fourth-order valence-corrected chi connectivity index (χ4v) is 5.95. The van der Waals surface area contributed by atoms with E-state index >= 15 is 0 Å². The van der Waals surface area contributed by atoms with Gasteiger partial charge in [-0.1, -0.05) is 36.4 Å². The molecule has 1 saturated carbocycles. The normalized spacial score (nSPS) is 25.3. The summed E-state index contributed by atoms with van der Waals surface area (Å²) in [6.07, 6.45) is 6.68. The van der Waals surface area contributed by atoms with Gasteiger partial charge in [-0.15, -0.1) is 0 Å². The van der Waals surface area contributed by atoms with Crippen LogP contribution in [-0.2, 0) is 0 Å². The molecule has 1 amide bonds. The van der Waals surface area contributed by atoms with Gasteiger partial charge in [-0.3, -0.25) is 9.69 Å². The number of benzene rings is 2. The molecule has 3 heterocycles. The van der Waals surface area contributed by atoms with Crippen LogP contribution < -0.4 is 9.47 Å². The van der Waals surface area contributed by atoms with E-state index in [4.69, 9.17) is 9.47 Å². The number of rotatable bonds is 6. The van der Waals surface area contributed by atoms with Gasteiger partial charge in [0.25, 0.3) is 5.91 Å². The molecule has 6 nitrogen and oxygen atoms in total. The lowest BCUT2D eigenvalue weighted by Crippen LogP contribution is -2.85. The molecule has 1 N–H and O–H groups in total. The van der Waals surface area contributed by atoms with Crippen molar-refractivity contribution in [1.29, 1.82) is 0 Å². The molecule has 0 radical (unpaired) electrons. The molecule has 0 bridgehead atoms.